The molecule has 0 bridgehead atoms. The zero-order valence-corrected chi connectivity index (χ0v) is 12.7. The number of methoxy groups -OCH3 is 1. The summed E-state index contributed by atoms with van der Waals surface area (Å²) in [5.74, 6) is 0.196. The first kappa shape index (κ1) is 15.0. The Morgan fingerprint density at radius 2 is 1.80 bits per heavy atom. The number of carbonyl (C=O) groups excluding carboxylic acids is 1. The highest BCUT2D eigenvalue weighted by atomic mass is 35.5. The number of ether oxygens (including phenoxy) is 1. The van der Waals surface area contributed by atoms with E-state index in [1.807, 2.05) is 0 Å². The lowest BCUT2D eigenvalue weighted by molar-refractivity contribution is 0.102. The van der Waals surface area contributed by atoms with E-state index in [-0.39, 0.29) is 10.9 Å². The molecule has 0 fully saturated rings. The maximum absolute atomic E-state index is 12.1. The van der Waals surface area contributed by atoms with Crippen LogP contribution in [0.15, 0.2) is 36.4 Å². The zero-order valence-electron chi connectivity index (χ0n) is 10.4. The molecule has 0 unspecified atom stereocenters. The van der Waals surface area contributed by atoms with Crippen LogP contribution in [0.1, 0.15) is 10.4 Å². The molecule has 1 N–H and O–H groups in total. The molecule has 6 heteroatoms. The van der Waals surface area contributed by atoms with Gasteiger partial charge in [-0.2, -0.15) is 0 Å². The van der Waals surface area contributed by atoms with E-state index in [0.717, 1.165) is 0 Å². The van der Waals surface area contributed by atoms with Gasteiger partial charge in [0.15, 0.2) is 0 Å². The smallest absolute Gasteiger partial charge is 0.257 e. The second kappa shape index (κ2) is 6.35. The van der Waals surface area contributed by atoms with E-state index >= 15 is 0 Å². The summed E-state index contributed by atoms with van der Waals surface area (Å²) in [6, 6.07) is 9.63. The lowest BCUT2D eigenvalue weighted by Crippen LogP contribution is -2.12. The first-order valence-electron chi connectivity index (χ1n) is 5.61. The Balaban J connectivity index is 2.21. The van der Waals surface area contributed by atoms with Crippen LogP contribution in [0, 0.1) is 0 Å². The second-order valence-corrected chi connectivity index (χ2v) is 5.18. The minimum absolute atomic E-state index is 0.287. The van der Waals surface area contributed by atoms with Crippen LogP contribution < -0.4 is 10.1 Å². The van der Waals surface area contributed by atoms with E-state index in [1.54, 1.807) is 30.3 Å². The van der Waals surface area contributed by atoms with Gasteiger partial charge in [-0.25, -0.2) is 0 Å². The molecule has 1 amide bonds. The van der Waals surface area contributed by atoms with Crippen LogP contribution in [0.4, 0.5) is 5.69 Å². The van der Waals surface area contributed by atoms with Gasteiger partial charge in [-0.15, -0.1) is 0 Å². The molecule has 0 spiro atoms. The molecule has 3 nitrogen and oxygen atoms in total. The third-order valence-corrected chi connectivity index (χ3v) is 3.43. The van der Waals surface area contributed by atoms with Crippen molar-refractivity contribution >= 4 is 46.4 Å². The molecule has 0 aliphatic heterocycles. The third kappa shape index (κ3) is 3.37. The van der Waals surface area contributed by atoms with Crippen LogP contribution in [0.2, 0.25) is 15.1 Å². The molecule has 0 atom stereocenters. The highest BCUT2D eigenvalue weighted by Crippen LogP contribution is 2.28. The van der Waals surface area contributed by atoms with E-state index < -0.39 is 0 Å². The Kier molecular flexibility index (Phi) is 4.76. The number of amides is 1. The number of carbonyl (C=O) groups is 1. The quantitative estimate of drug-likeness (QED) is 0.868. The van der Waals surface area contributed by atoms with Crippen LogP contribution in [0.25, 0.3) is 0 Å². The number of hydrogen-bond acceptors (Lipinski definition) is 2. The molecule has 2 aromatic carbocycles. The first-order chi connectivity index (χ1) is 9.51. The van der Waals surface area contributed by atoms with Gasteiger partial charge in [0.05, 0.1) is 22.7 Å². The molecule has 0 heterocycles. The van der Waals surface area contributed by atoms with Crippen molar-refractivity contribution in [3.8, 4) is 5.75 Å². The van der Waals surface area contributed by atoms with Crippen molar-refractivity contribution in [3.05, 3.63) is 57.0 Å². The molecule has 20 heavy (non-hydrogen) atoms. The summed E-state index contributed by atoms with van der Waals surface area (Å²) in [5, 5.41) is 3.87. The minimum atomic E-state index is -0.340. The number of nitrogens with one attached hydrogen (secondary N) is 1. The van der Waals surface area contributed by atoms with Crippen molar-refractivity contribution in [1.82, 2.24) is 0 Å². The average molecular weight is 331 g/mol. The van der Waals surface area contributed by atoms with Crippen LogP contribution in [-0.2, 0) is 0 Å². The maximum Gasteiger partial charge on any atom is 0.257 e. The predicted octanol–water partition coefficient (Wildman–Crippen LogP) is 4.91. The van der Waals surface area contributed by atoms with Crippen molar-refractivity contribution in [2.45, 2.75) is 0 Å². The van der Waals surface area contributed by atoms with Gasteiger partial charge in [-0.05, 0) is 36.4 Å². The number of rotatable bonds is 3. The molecule has 0 radical (unpaired) electrons. The summed E-state index contributed by atoms with van der Waals surface area (Å²) >= 11 is 17.8. The first-order valence-corrected chi connectivity index (χ1v) is 6.74. The lowest BCUT2D eigenvalue weighted by atomic mass is 10.2. The average Bonchev–Trinajstić information content (AvgIpc) is 2.38. The topological polar surface area (TPSA) is 38.3 Å². The van der Waals surface area contributed by atoms with Crippen LogP contribution in [0.5, 0.6) is 5.75 Å². The Labute approximate surface area is 131 Å². The van der Waals surface area contributed by atoms with E-state index in [0.29, 0.717) is 27.0 Å². The number of anilines is 1. The zero-order chi connectivity index (χ0) is 14.7. The molecular formula is C14H10Cl3NO2. The van der Waals surface area contributed by atoms with Crippen molar-refractivity contribution in [1.29, 1.82) is 0 Å². The summed E-state index contributed by atoms with van der Waals surface area (Å²) < 4.78 is 5.04. The molecule has 0 saturated heterocycles. The Morgan fingerprint density at radius 1 is 1.05 bits per heavy atom. The Hall–Kier alpha value is -1.42. The van der Waals surface area contributed by atoms with Gasteiger partial charge >= 0.3 is 0 Å². The van der Waals surface area contributed by atoms with Gasteiger partial charge in [-0.1, -0.05) is 34.8 Å². The van der Waals surface area contributed by atoms with Crippen molar-refractivity contribution in [3.63, 3.8) is 0 Å². The normalized spacial score (nSPS) is 10.2. The van der Waals surface area contributed by atoms with E-state index in [2.05, 4.69) is 5.32 Å². The highest BCUT2D eigenvalue weighted by Gasteiger charge is 2.12. The molecule has 0 aliphatic rings. The minimum Gasteiger partial charge on any atom is -0.495 e. The van der Waals surface area contributed by atoms with Gasteiger partial charge < -0.3 is 10.1 Å². The summed E-state index contributed by atoms with van der Waals surface area (Å²) in [6.45, 7) is 0. The summed E-state index contributed by atoms with van der Waals surface area (Å²) in [7, 11) is 1.52. The van der Waals surface area contributed by atoms with Crippen LogP contribution >= 0.6 is 34.8 Å². The largest absolute Gasteiger partial charge is 0.495 e. The molecular weight excluding hydrogens is 321 g/mol. The fraction of sp³-hybridized carbons (Fsp3) is 0.0714. The van der Waals surface area contributed by atoms with E-state index in [4.69, 9.17) is 39.5 Å². The van der Waals surface area contributed by atoms with Gasteiger partial charge in [0, 0.05) is 10.7 Å². The predicted molar refractivity (Wildman–Crippen MR) is 82.4 cm³/mol. The highest BCUT2D eigenvalue weighted by molar-refractivity contribution is 6.37. The maximum atomic E-state index is 12.1. The van der Waals surface area contributed by atoms with Gasteiger partial charge in [0.1, 0.15) is 5.75 Å². The SMILES string of the molecule is COc1ccc(NC(=O)c2ccc(Cl)cc2Cl)cc1Cl. The van der Waals surface area contributed by atoms with Gasteiger partial charge in [0.25, 0.3) is 5.91 Å². The molecule has 2 aromatic rings. The fourth-order valence-electron chi connectivity index (χ4n) is 1.62. The van der Waals surface area contributed by atoms with Crippen LogP contribution in [-0.4, -0.2) is 13.0 Å². The van der Waals surface area contributed by atoms with E-state index in [1.165, 1.54) is 13.2 Å². The Morgan fingerprint density at radius 3 is 2.40 bits per heavy atom. The monoisotopic (exact) mass is 329 g/mol. The molecule has 2 rings (SSSR count). The summed E-state index contributed by atoms with van der Waals surface area (Å²) in [5.41, 5.74) is 0.884. The molecule has 0 aliphatic carbocycles. The van der Waals surface area contributed by atoms with Gasteiger partial charge in [-0.3, -0.25) is 4.79 Å². The molecule has 0 aromatic heterocycles. The van der Waals surface area contributed by atoms with E-state index in [9.17, 15) is 4.79 Å². The second-order valence-electron chi connectivity index (χ2n) is 3.93. The third-order valence-electron chi connectivity index (χ3n) is 2.59. The molecule has 104 valence electrons. The Bertz CT molecular complexity index is 659. The molecule has 0 saturated carbocycles. The van der Waals surface area contributed by atoms with Crippen LogP contribution in [0.3, 0.4) is 0 Å². The summed E-state index contributed by atoms with van der Waals surface area (Å²) in [6.07, 6.45) is 0. The van der Waals surface area contributed by atoms with Crippen molar-refractivity contribution in [2.75, 3.05) is 12.4 Å². The number of hydrogen-bond donors (Lipinski definition) is 1. The van der Waals surface area contributed by atoms with Crippen molar-refractivity contribution in [2.24, 2.45) is 0 Å². The number of halogens is 3. The number of benzene rings is 2. The van der Waals surface area contributed by atoms with Gasteiger partial charge in [0.2, 0.25) is 0 Å². The lowest BCUT2D eigenvalue weighted by Gasteiger charge is -2.09. The van der Waals surface area contributed by atoms with Crippen molar-refractivity contribution < 1.29 is 9.53 Å². The standard InChI is InChI=1S/C14H10Cl3NO2/c1-20-13-5-3-9(7-12(13)17)18-14(19)10-4-2-8(15)6-11(10)16/h2-7H,1H3,(H,18,19). The fourth-order valence-corrected chi connectivity index (χ4v) is 2.37. The summed E-state index contributed by atoms with van der Waals surface area (Å²) in [4.78, 5) is 12.1.